The molecule has 2 unspecified atom stereocenters. The van der Waals surface area contributed by atoms with Gasteiger partial charge in [0.2, 0.25) is 0 Å². The van der Waals surface area contributed by atoms with E-state index in [1.165, 1.54) is 26.8 Å². The molecular formula is C43H30FN5S2. The number of halogens is 1. The summed E-state index contributed by atoms with van der Waals surface area (Å²) >= 11 is 3.58. The Labute approximate surface area is 303 Å². The van der Waals surface area contributed by atoms with E-state index in [1.54, 1.807) is 23.5 Å². The van der Waals surface area contributed by atoms with Crippen LogP contribution >= 0.6 is 23.1 Å². The monoisotopic (exact) mass is 699 g/mol. The summed E-state index contributed by atoms with van der Waals surface area (Å²) in [4.78, 5) is 22.6. The van der Waals surface area contributed by atoms with Gasteiger partial charge in [0.05, 0.1) is 22.9 Å². The van der Waals surface area contributed by atoms with Crippen LogP contribution < -0.4 is 5.32 Å². The van der Waals surface area contributed by atoms with Crippen LogP contribution in [0.4, 0.5) is 10.1 Å². The second-order valence-corrected chi connectivity index (χ2v) is 14.7. The fourth-order valence-electron chi connectivity index (χ4n) is 6.93. The van der Waals surface area contributed by atoms with E-state index < -0.39 is 0 Å². The zero-order valence-electron chi connectivity index (χ0n) is 27.3. The Hall–Kier alpha value is -5.70. The first-order valence-electron chi connectivity index (χ1n) is 16.7. The fourth-order valence-corrected chi connectivity index (χ4v) is 9.55. The minimum absolute atomic E-state index is 0.192. The van der Waals surface area contributed by atoms with Crippen molar-refractivity contribution in [2.75, 3.05) is 0 Å². The number of allylic oxidation sites excluding steroid dienone is 4. The Morgan fingerprint density at radius 3 is 2.24 bits per heavy atom. The smallest absolute Gasteiger partial charge is 0.164 e. The number of benzene rings is 4. The molecule has 0 spiro atoms. The lowest BCUT2D eigenvalue weighted by molar-refractivity contribution is 0.720. The summed E-state index contributed by atoms with van der Waals surface area (Å²) < 4.78 is 14.3. The highest BCUT2D eigenvalue weighted by Crippen LogP contribution is 2.53. The molecule has 2 aromatic heterocycles. The highest BCUT2D eigenvalue weighted by molar-refractivity contribution is 8.00. The van der Waals surface area contributed by atoms with Gasteiger partial charge in [0.15, 0.2) is 17.5 Å². The third-order valence-corrected chi connectivity index (χ3v) is 11.9. The highest BCUT2D eigenvalue weighted by atomic mass is 32.2. The maximum Gasteiger partial charge on any atom is 0.164 e. The van der Waals surface area contributed by atoms with E-state index in [2.05, 4.69) is 66.5 Å². The van der Waals surface area contributed by atoms with Gasteiger partial charge in [0, 0.05) is 42.5 Å². The summed E-state index contributed by atoms with van der Waals surface area (Å²) in [6, 6.07) is 34.7. The molecule has 0 saturated carbocycles. The van der Waals surface area contributed by atoms with Crippen molar-refractivity contribution in [3.63, 3.8) is 0 Å². The molecule has 0 saturated heterocycles. The molecular weight excluding hydrogens is 670 g/mol. The number of amidine groups is 1. The number of thioether (sulfide) groups is 1. The molecule has 1 N–H and O–H groups in total. The van der Waals surface area contributed by atoms with Gasteiger partial charge in [0.25, 0.3) is 0 Å². The molecule has 0 amide bonds. The Bertz CT molecular complexity index is 2440. The predicted octanol–water partition coefficient (Wildman–Crippen LogP) is 11.2. The zero-order chi connectivity index (χ0) is 34.3. The van der Waals surface area contributed by atoms with Crippen LogP contribution in [0.25, 0.3) is 49.8 Å². The summed E-state index contributed by atoms with van der Waals surface area (Å²) in [7, 11) is 0. The van der Waals surface area contributed by atoms with E-state index in [-0.39, 0.29) is 11.3 Å². The lowest BCUT2D eigenvalue weighted by atomic mass is 9.89. The van der Waals surface area contributed by atoms with Crippen LogP contribution in [-0.2, 0) is 0 Å². The van der Waals surface area contributed by atoms with Crippen molar-refractivity contribution in [3.05, 3.63) is 168 Å². The van der Waals surface area contributed by atoms with Crippen molar-refractivity contribution in [2.24, 2.45) is 4.99 Å². The Morgan fingerprint density at radius 1 is 0.804 bits per heavy atom. The number of nitrogens with one attached hydrogen (secondary N) is 1. The van der Waals surface area contributed by atoms with Gasteiger partial charge in [-0.3, -0.25) is 0 Å². The first-order valence-corrected chi connectivity index (χ1v) is 18.4. The molecule has 4 heterocycles. The lowest BCUT2D eigenvalue weighted by Crippen LogP contribution is -2.34. The summed E-state index contributed by atoms with van der Waals surface area (Å²) in [6.45, 7) is 4.06. The Balaban J connectivity index is 1.14. The number of nitrogens with zero attached hydrogens (tertiary/aromatic N) is 4. The standard InChI is InChI=1S/C43H30FN5S2/c1-2-26(17-12-24-44)37-39-38(31-18-9-10-20-33(31)51-39)46-42(45-37)29-22-23-30-35(25-29)50-34-21-11-19-32(36(30)34)43-48-40(27-13-5-3-6-14-27)47-41(49-43)28-15-7-4-8-16-28/h2-24,35,37H,1,25H2,(H,45,46)/b24-12+,26-17+. The van der Waals surface area contributed by atoms with Crippen molar-refractivity contribution < 1.29 is 4.39 Å². The molecule has 51 heavy (non-hydrogen) atoms. The number of aromatic nitrogens is 3. The molecule has 0 radical (unpaired) electrons. The van der Waals surface area contributed by atoms with Crippen molar-refractivity contribution in [1.29, 1.82) is 0 Å². The van der Waals surface area contributed by atoms with Gasteiger partial charge in [0.1, 0.15) is 5.84 Å². The van der Waals surface area contributed by atoms with Gasteiger partial charge in [-0.05, 0) is 41.3 Å². The summed E-state index contributed by atoms with van der Waals surface area (Å²) in [5, 5.41) is 5.02. The van der Waals surface area contributed by atoms with E-state index in [0.717, 1.165) is 56.0 Å². The van der Waals surface area contributed by atoms with Crippen molar-refractivity contribution in [2.45, 2.75) is 22.6 Å². The summed E-state index contributed by atoms with van der Waals surface area (Å²) in [5.41, 5.74) is 8.27. The van der Waals surface area contributed by atoms with Gasteiger partial charge < -0.3 is 5.32 Å². The first kappa shape index (κ1) is 31.3. The van der Waals surface area contributed by atoms with Crippen LogP contribution in [0.15, 0.2) is 167 Å². The predicted molar refractivity (Wildman–Crippen MR) is 210 cm³/mol. The van der Waals surface area contributed by atoms with Gasteiger partial charge in [-0.15, -0.1) is 23.1 Å². The molecule has 5 nitrogen and oxygen atoms in total. The number of hydrogen-bond acceptors (Lipinski definition) is 7. The van der Waals surface area contributed by atoms with Crippen molar-refractivity contribution >= 4 is 50.3 Å². The quantitative estimate of drug-likeness (QED) is 0.168. The minimum atomic E-state index is -0.202. The molecule has 2 aliphatic heterocycles. The van der Waals surface area contributed by atoms with Crippen LogP contribution in [0, 0.1) is 0 Å². The van der Waals surface area contributed by atoms with Crippen molar-refractivity contribution in [1.82, 2.24) is 20.3 Å². The number of hydrogen-bond donors (Lipinski definition) is 1. The molecule has 2 atom stereocenters. The zero-order valence-corrected chi connectivity index (χ0v) is 29.0. The minimum Gasteiger partial charge on any atom is -0.358 e. The molecule has 1 aliphatic carbocycles. The fraction of sp³-hybridized carbons (Fsp3) is 0.0698. The Morgan fingerprint density at radius 2 is 1.51 bits per heavy atom. The van der Waals surface area contributed by atoms with Gasteiger partial charge in [-0.25, -0.2) is 24.3 Å². The number of thiophene rings is 1. The van der Waals surface area contributed by atoms with Gasteiger partial charge in [-0.2, -0.15) is 0 Å². The topological polar surface area (TPSA) is 63.1 Å². The molecule has 0 fully saturated rings. The Kier molecular flexibility index (Phi) is 8.10. The summed E-state index contributed by atoms with van der Waals surface area (Å²) in [5.74, 6) is 2.77. The van der Waals surface area contributed by atoms with E-state index in [9.17, 15) is 4.39 Å². The van der Waals surface area contributed by atoms with Crippen LogP contribution in [0.1, 0.15) is 22.9 Å². The first-order chi connectivity index (χ1) is 25.2. The molecule has 8 heteroatoms. The van der Waals surface area contributed by atoms with Gasteiger partial charge >= 0.3 is 0 Å². The highest BCUT2D eigenvalue weighted by Gasteiger charge is 2.36. The number of aliphatic imine (C=N–C) groups is 1. The average molecular weight is 700 g/mol. The second kappa shape index (κ2) is 13.2. The van der Waals surface area contributed by atoms with E-state index in [4.69, 9.17) is 19.9 Å². The molecule has 246 valence electrons. The van der Waals surface area contributed by atoms with E-state index >= 15 is 0 Å². The van der Waals surface area contributed by atoms with E-state index in [0.29, 0.717) is 23.8 Å². The van der Waals surface area contributed by atoms with E-state index in [1.807, 2.05) is 72.4 Å². The van der Waals surface area contributed by atoms with Crippen molar-refractivity contribution in [3.8, 4) is 34.2 Å². The lowest BCUT2D eigenvalue weighted by Gasteiger charge is -2.29. The third kappa shape index (κ3) is 5.66. The second-order valence-electron chi connectivity index (χ2n) is 12.4. The van der Waals surface area contributed by atoms with Gasteiger partial charge in [-0.1, -0.05) is 122 Å². The molecule has 6 aromatic rings. The molecule has 0 bridgehead atoms. The summed E-state index contributed by atoms with van der Waals surface area (Å²) in [6.07, 6.45) is 10.7. The van der Waals surface area contributed by atoms with Crippen LogP contribution in [0.2, 0.25) is 0 Å². The molecule has 3 aliphatic rings. The largest absolute Gasteiger partial charge is 0.358 e. The van der Waals surface area contributed by atoms with Crippen LogP contribution in [0.3, 0.4) is 0 Å². The number of fused-ring (bicyclic) bond motifs is 6. The van der Waals surface area contributed by atoms with Crippen LogP contribution in [-0.4, -0.2) is 26.0 Å². The van der Waals surface area contributed by atoms with Crippen LogP contribution in [0.5, 0.6) is 0 Å². The SMILES string of the molecule is C=C/C(=C\C=C\F)C1NC(C2=CC=C3c4c(cccc4-c4nc(-c5ccccc5)nc(-c5ccccc5)n4)SC3C2)=Nc2c1sc1ccccc21. The average Bonchev–Trinajstić information content (AvgIpc) is 3.77. The maximum atomic E-state index is 13.1. The maximum absolute atomic E-state index is 13.1. The third-order valence-electron chi connectivity index (χ3n) is 9.34. The molecule has 4 aromatic carbocycles. The normalized spacial score (nSPS) is 18.0. The number of rotatable bonds is 7. The molecule has 9 rings (SSSR count).